The molecule has 2 aromatic carbocycles. The Bertz CT molecular complexity index is 1640. The summed E-state index contributed by atoms with van der Waals surface area (Å²) < 4.78 is 35.0. The van der Waals surface area contributed by atoms with Crippen LogP contribution in [0.15, 0.2) is 48.7 Å². The Hall–Kier alpha value is -3.60. The van der Waals surface area contributed by atoms with Gasteiger partial charge in [-0.2, -0.15) is 0 Å². The van der Waals surface area contributed by atoms with Gasteiger partial charge in [0, 0.05) is 37.4 Å². The number of thiophene rings is 1. The average molecular weight is 613 g/mol. The van der Waals surface area contributed by atoms with Crippen molar-refractivity contribution in [3.8, 4) is 16.9 Å². The SMILES string of the molecule is CNC(=O)c1cc(-c2ccc(OC)c(CN(C(=O)c3sc4c(F)ccc(F)c4c3Cl)[C@H]3CC[C@@H](NC)CC3)c2)ccn1. The number of amides is 2. The van der Waals surface area contributed by atoms with Crippen LogP contribution in [-0.2, 0) is 6.54 Å². The van der Waals surface area contributed by atoms with E-state index in [0.717, 1.165) is 65.8 Å². The third kappa shape index (κ3) is 5.84. The van der Waals surface area contributed by atoms with E-state index < -0.39 is 11.6 Å². The zero-order valence-electron chi connectivity index (χ0n) is 23.5. The Morgan fingerprint density at radius 1 is 1.05 bits per heavy atom. The average Bonchev–Trinajstić information content (AvgIpc) is 3.39. The fraction of sp³-hybridized carbons (Fsp3) is 0.323. The molecule has 1 aliphatic rings. The molecule has 11 heteroatoms. The van der Waals surface area contributed by atoms with E-state index in [9.17, 15) is 18.4 Å². The minimum Gasteiger partial charge on any atom is -0.496 e. The van der Waals surface area contributed by atoms with Gasteiger partial charge < -0.3 is 20.3 Å². The lowest BCUT2D eigenvalue weighted by Crippen LogP contribution is -2.44. The second-order valence-corrected chi connectivity index (χ2v) is 11.6. The topological polar surface area (TPSA) is 83.6 Å². The van der Waals surface area contributed by atoms with Crippen LogP contribution in [0.3, 0.4) is 0 Å². The van der Waals surface area contributed by atoms with Gasteiger partial charge in [-0.1, -0.05) is 17.7 Å². The van der Waals surface area contributed by atoms with Gasteiger partial charge in [0.05, 0.1) is 22.2 Å². The molecule has 0 saturated heterocycles. The van der Waals surface area contributed by atoms with Gasteiger partial charge in [0.15, 0.2) is 0 Å². The second kappa shape index (κ2) is 12.7. The Labute approximate surface area is 251 Å². The predicted octanol–water partition coefficient (Wildman–Crippen LogP) is 6.44. The third-order valence-electron chi connectivity index (χ3n) is 7.86. The molecule has 2 N–H and O–H groups in total. The van der Waals surface area contributed by atoms with E-state index in [0.29, 0.717) is 11.8 Å². The lowest BCUT2D eigenvalue weighted by molar-refractivity contribution is 0.0604. The van der Waals surface area contributed by atoms with Crippen LogP contribution in [0.5, 0.6) is 5.75 Å². The Kier molecular flexibility index (Phi) is 9.05. The number of carbonyl (C=O) groups is 2. The lowest BCUT2D eigenvalue weighted by atomic mass is 9.89. The van der Waals surface area contributed by atoms with Gasteiger partial charge in [-0.3, -0.25) is 14.6 Å². The van der Waals surface area contributed by atoms with E-state index in [1.54, 1.807) is 37.4 Å². The summed E-state index contributed by atoms with van der Waals surface area (Å²) in [5.74, 6) is -1.39. The molecular formula is C31H31ClF2N4O3S. The van der Waals surface area contributed by atoms with Crippen molar-refractivity contribution in [3.63, 3.8) is 0 Å². The number of ether oxygens (including phenoxy) is 1. The van der Waals surface area contributed by atoms with E-state index in [-0.39, 0.29) is 50.1 Å². The Morgan fingerprint density at radius 2 is 1.76 bits per heavy atom. The van der Waals surface area contributed by atoms with Crippen LogP contribution in [0.4, 0.5) is 8.78 Å². The van der Waals surface area contributed by atoms with Crippen LogP contribution in [0, 0.1) is 11.6 Å². The summed E-state index contributed by atoms with van der Waals surface area (Å²) >= 11 is 7.43. The summed E-state index contributed by atoms with van der Waals surface area (Å²) in [5.41, 5.74) is 2.61. The van der Waals surface area contributed by atoms with E-state index in [1.807, 2.05) is 25.2 Å². The highest BCUT2D eigenvalue weighted by molar-refractivity contribution is 7.21. The number of fused-ring (bicyclic) bond motifs is 1. The van der Waals surface area contributed by atoms with Crippen molar-refractivity contribution in [2.45, 2.75) is 44.3 Å². The molecule has 0 unspecified atom stereocenters. The number of methoxy groups -OCH3 is 1. The number of benzene rings is 2. The van der Waals surface area contributed by atoms with Crippen LogP contribution in [-0.4, -0.2) is 55.0 Å². The van der Waals surface area contributed by atoms with Crippen LogP contribution in [0.25, 0.3) is 21.2 Å². The molecule has 2 heterocycles. The first-order valence-corrected chi connectivity index (χ1v) is 14.8. The van der Waals surface area contributed by atoms with Crippen molar-refractivity contribution in [1.82, 2.24) is 20.5 Å². The minimum atomic E-state index is -0.671. The van der Waals surface area contributed by atoms with Gasteiger partial charge >= 0.3 is 0 Å². The van der Waals surface area contributed by atoms with Crippen molar-refractivity contribution in [1.29, 1.82) is 0 Å². The highest BCUT2D eigenvalue weighted by Gasteiger charge is 2.33. The molecule has 0 spiro atoms. The lowest BCUT2D eigenvalue weighted by Gasteiger charge is -2.37. The van der Waals surface area contributed by atoms with Gasteiger partial charge in [0.1, 0.15) is 28.0 Å². The molecule has 220 valence electrons. The number of hydrogen-bond acceptors (Lipinski definition) is 6. The molecular weight excluding hydrogens is 582 g/mol. The summed E-state index contributed by atoms with van der Waals surface area (Å²) in [4.78, 5) is 32.4. The molecule has 2 amide bonds. The summed E-state index contributed by atoms with van der Waals surface area (Å²) in [6.45, 7) is 0.188. The predicted molar refractivity (Wildman–Crippen MR) is 161 cm³/mol. The molecule has 1 aliphatic carbocycles. The van der Waals surface area contributed by atoms with Gasteiger partial charge in [-0.05, 0) is 80.3 Å². The summed E-state index contributed by atoms with van der Waals surface area (Å²) in [6.07, 6.45) is 4.84. The zero-order valence-corrected chi connectivity index (χ0v) is 25.0. The molecule has 0 aliphatic heterocycles. The second-order valence-electron chi connectivity index (χ2n) is 10.2. The van der Waals surface area contributed by atoms with Gasteiger partial charge in [0.25, 0.3) is 11.8 Å². The molecule has 0 atom stereocenters. The highest BCUT2D eigenvalue weighted by atomic mass is 35.5. The van der Waals surface area contributed by atoms with Crippen LogP contribution >= 0.6 is 22.9 Å². The fourth-order valence-electron chi connectivity index (χ4n) is 5.54. The van der Waals surface area contributed by atoms with Crippen molar-refractivity contribution >= 4 is 44.8 Å². The quantitative estimate of drug-likeness (QED) is 0.239. The van der Waals surface area contributed by atoms with E-state index in [1.165, 1.54) is 0 Å². The standard InChI is InChI=1S/C31H31ClF2N4O3S/c1-35-20-5-7-21(8-6-20)38(31(40)29-27(32)26-22(33)9-10-23(34)28(26)42-29)16-19-14-17(4-11-25(19)41-3)18-12-13-37-24(15-18)30(39)36-2/h4,9-15,20-21,35H,5-8,16H2,1-3H3,(H,36,39)/t20-,21+. The maximum atomic E-state index is 14.7. The molecule has 5 rings (SSSR count). The van der Waals surface area contributed by atoms with E-state index in [2.05, 4.69) is 15.6 Å². The van der Waals surface area contributed by atoms with Gasteiger partial charge in [0.2, 0.25) is 0 Å². The molecule has 1 saturated carbocycles. The number of aromatic nitrogens is 1. The van der Waals surface area contributed by atoms with Gasteiger partial charge in [-0.25, -0.2) is 8.78 Å². The molecule has 4 aromatic rings. The molecule has 7 nitrogen and oxygen atoms in total. The van der Waals surface area contributed by atoms with Gasteiger partial charge in [-0.15, -0.1) is 11.3 Å². The van der Waals surface area contributed by atoms with Crippen molar-refractivity contribution in [3.05, 3.63) is 81.5 Å². The van der Waals surface area contributed by atoms with Crippen LogP contribution in [0.2, 0.25) is 5.02 Å². The number of halogens is 3. The van der Waals surface area contributed by atoms with Crippen molar-refractivity contribution < 1.29 is 23.1 Å². The Morgan fingerprint density at radius 3 is 2.43 bits per heavy atom. The van der Waals surface area contributed by atoms with E-state index in [4.69, 9.17) is 16.3 Å². The minimum absolute atomic E-state index is 0.0198. The van der Waals surface area contributed by atoms with E-state index >= 15 is 0 Å². The number of nitrogens with zero attached hydrogens (tertiary/aromatic N) is 2. The largest absolute Gasteiger partial charge is 0.496 e. The third-order valence-corrected chi connectivity index (χ3v) is 9.53. The zero-order chi connectivity index (χ0) is 30.0. The monoisotopic (exact) mass is 612 g/mol. The van der Waals surface area contributed by atoms with Crippen LogP contribution < -0.4 is 15.4 Å². The maximum absolute atomic E-state index is 14.7. The maximum Gasteiger partial charge on any atom is 0.269 e. The first kappa shape index (κ1) is 29.9. The number of pyridine rings is 1. The number of carbonyl (C=O) groups excluding carboxylic acids is 2. The molecule has 0 bridgehead atoms. The van der Waals surface area contributed by atoms with Crippen molar-refractivity contribution in [2.24, 2.45) is 0 Å². The Balaban J connectivity index is 1.56. The number of rotatable bonds is 8. The number of nitrogens with one attached hydrogen (secondary N) is 2. The summed E-state index contributed by atoms with van der Waals surface area (Å²) in [7, 11) is 5.04. The fourth-order valence-corrected chi connectivity index (χ4v) is 7.04. The number of hydrogen-bond donors (Lipinski definition) is 2. The van der Waals surface area contributed by atoms with Crippen LogP contribution in [0.1, 0.15) is 51.4 Å². The summed E-state index contributed by atoms with van der Waals surface area (Å²) in [5, 5.41) is 5.74. The normalized spacial score (nSPS) is 16.8. The molecule has 1 fully saturated rings. The first-order chi connectivity index (χ1) is 20.2. The molecule has 0 radical (unpaired) electrons. The molecule has 42 heavy (non-hydrogen) atoms. The summed E-state index contributed by atoms with van der Waals surface area (Å²) in [6, 6.07) is 11.4. The molecule has 2 aromatic heterocycles. The smallest absolute Gasteiger partial charge is 0.269 e. The first-order valence-electron chi connectivity index (χ1n) is 13.6. The van der Waals surface area contributed by atoms with Crippen molar-refractivity contribution in [2.75, 3.05) is 21.2 Å². The highest BCUT2D eigenvalue weighted by Crippen LogP contribution is 2.40.